The van der Waals surface area contributed by atoms with Crippen LogP contribution in [0.1, 0.15) is 131 Å². The number of nitrogens with zero attached hydrogens (tertiary/aromatic N) is 2. The summed E-state index contributed by atoms with van der Waals surface area (Å²) in [5.41, 5.74) is 2.64. The van der Waals surface area contributed by atoms with Crippen LogP contribution < -0.4 is 58.9 Å². The van der Waals surface area contributed by atoms with Crippen molar-refractivity contribution in [3.63, 3.8) is 0 Å². The van der Waals surface area contributed by atoms with Gasteiger partial charge in [0.15, 0.2) is 0 Å². The van der Waals surface area contributed by atoms with Crippen molar-refractivity contribution in [3.8, 4) is 0 Å². The van der Waals surface area contributed by atoms with Crippen molar-refractivity contribution in [2.45, 2.75) is 188 Å². The van der Waals surface area contributed by atoms with Gasteiger partial charge in [-0.2, -0.15) is 0 Å². The van der Waals surface area contributed by atoms with Crippen molar-refractivity contribution in [2.75, 3.05) is 13.7 Å². The van der Waals surface area contributed by atoms with E-state index in [-0.39, 0.29) is 46.6 Å². The average molecular weight is 1230 g/mol. The van der Waals surface area contributed by atoms with Gasteiger partial charge >= 0.3 is 0 Å². The molecule has 0 aliphatic heterocycles. The molecule has 2 aromatic heterocycles. The molecule has 0 spiro atoms. The summed E-state index contributed by atoms with van der Waals surface area (Å²) in [6, 6.07) is -12.4. The Balaban J connectivity index is 2.47. The van der Waals surface area contributed by atoms with Gasteiger partial charge in [0, 0.05) is 32.3 Å². The molecule has 0 unspecified atom stereocenters. The van der Waals surface area contributed by atoms with Crippen LogP contribution in [0, 0.1) is 23.2 Å². The molecule has 2 rings (SSSR count). The molecule has 11 amide bonds. The first-order chi connectivity index (χ1) is 39.0. The standard InChI is InChI=1S/C54H86Cl2N14O14/c1-14-26(5)37(67-52(83)41(54(11,12)84)70-49(80)38(27(6)15-2)66-51(82)40(53(8,9)10)69-43(74)30-18-19-60-42(56)36(30)55)48(79)68-39(28(7)72)50(81)62-31(16-17-35(57)73)45(76)64-33(21-29-22-59-24-61-29)47(78)63-32(20-25(3)4)46(77)65-34(23-71)44(75)58-13/h18-19,22,24-28,31-34,37-41,71-72,84H,14-17,20-21,23H2,1-13H3,(H2,57,73)(H,58,75)(H,59,61)(H,62,81)(H,63,78)(H,64,76)(H,65,77)(H,66,82)(H,67,83)(H,68,79)(H,69,74)(H,70,80)/t26-,27-,28+,31-,32+,33-,34-,37-,38-,39-,40+,41+/m0/s1. The number of likely N-dealkylation sites (N-methyl/N-ethyl adjacent to an activating group) is 1. The lowest BCUT2D eigenvalue weighted by atomic mass is 9.85. The van der Waals surface area contributed by atoms with E-state index < -0.39 is 168 Å². The highest BCUT2D eigenvalue weighted by Gasteiger charge is 2.43. The van der Waals surface area contributed by atoms with Gasteiger partial charge in [-0.3, -0.25) is 52.7 Å². The van der Waals surface area contributed by atoms with Crippen LogP contribution in [0.3, 0.4) is 0 Å². The molecule has 0 radical (unpaired) electrons. The molecule has 2 aromatic rings. The summed E-state index contributed by atoms with van der Waals surface area (Å²) >= 11 is 12.3. The lowest BCUT2D eigenvalue weighted by molar-refractivity contribution is -0.140. The van der Waals surface area contributed by atoms with E-state index in [1.54, 1.807) is 62.3 Å². The molecular formula is C54H86Cl2N14O14. The Hall–Kier alpha value is -7.01. The Kier molecular flexibility index (Phi) is 29.1. The first-order valence-electron chi connectivity index (χ1n) is 27.6. The van der Waals surface area contributed by atoms with Gasteiger partial charge in [0.1, 0.15) is 59.5 Å². The molecule has 30 heteroatoms. The Morgan fingerprint density at radius 3 is 1.60 bits per heavy atom. The number of aliphatic hydroxyl groups excluding tert-OH is 2. The number of nitrogens with two attached hydrogens (primary N) is 1. The van der Waals surface area contributed by atoms with E-state index >= 15 is 0 Å². The number of amides is 11. The number of primary amides is 1. The van der Waals surface area contributed by atoms with Crippen LogP contribution in [0.25, 0.3) is 0 Å². The minimum absolute atomic E-state index is 0.0416. The van der Waals surface area contributed by atoms with Crippen LogP contribution in [0.15, 0.2) is 24.8 Å². The number of aromatic amines is 1. The van der Waals surface area contributed by atoms with Crippen LogP contribution in [-0.2, 0) is 54.4 Å². The molecule has 0 saturated heterocycles. The van der Waals surface area contributed by atoms with Crippen LogP contribution in [0.2, 0.25) is 10.2 Å². The topological polar surface area (TPSA) is 436 Å². The first kappa shape index (κ1) is 73.1. The number of rotatable bonds is 33. The molecular weight excluding hydrogens is 1140 g/mol. The Morgan fingerprint density at radius 1 is 0.631 bits per heavy atom. The molecule has 84 heavy (non-hydrogen) atoms. The van der Waals surface area contributed by atoms with Gasteiger partial charge < -0.3 is 79.2 Å². The predicted octanol–water partition coefficient (Wildman–Crippen LogP) is -1.33. The zero-order valence-corrected chi connectivity index (χ0v) is 51.3. The Labute approximate surface area is 499 Å². The summed E-state index contributed by atoms with van der Waals surface area (Å²) in [4.78, 5) is 161. The summed E-state index contributed by atoms with van der Waals surface area (Å²) in [6.45, 7) is 18.0. The van der Waals surface area contributed by atoms with E-state index in [9.17, 15) is 68.1 Å². The van der Waals surface area contributed by atoms with Gasteiger partial charge in [-0.05, 0) is 62.8 Å². The number of hydrogen-bond acceptors (Lipinski definition) is 16. The fraction of sp³-hybridized carbons (Fsp3) is 0.648. The number of pyridine rings is 1. The number of hydrogen-bond donors (Lipinski definition) is 15. The fourth-order valence-electron chi connectivity index (χ4n) is 8.32. The molecule has 0 aliphatic rings. The lowest BCUT2D eigenvalue weighted by Crippen LogP contribution is -2.66. The van der Waals surface area contributed by atoms with Crippen LogP contribution in [-0.4, -0.2) is 175 Å². The third-order valence-corrected chi connectivity index (χ3v) is 14.5. The van der Waals surface area contributed by atoms with E-state index in [0.717, 1.165) is 6.92 Å². The zero-order valence-electron chi connectivity index (χ0n) is 49.8. The maximum atomic E-state index is 14.3. The van der Waals surface area contributed by atoms with E-state index in [0.29, 0.717) is 6.42 Å². The van der Waals surface area contributed by atoms with Crippen molar-refractivity contribution in [3.05, 3.63) is 46.2 Å². The molecule has 0 saturated carbocycles. The van der Waals surface area contributed by atoms with Gasteiger partial charge in [0.05, 0.1) is 40.9 Å². The van der Waals surface area contributed by atoms with Crippen molar-refractivity contribution >= 4 is 88.2 Å². The van der Waals surface area contributed by atoms with E-state index in [4.69, 9.17) is 28.9 Å². The summed E-state index contributed by atoms with van der Waals surface area (Å²) in [6.07, 6.45) is 1.64. The number of aromatic nitrogens is 3. The Morgan fingerprint density at radius 2 is 1.12 bits per heavy atom. The number of H-pyrrole nitrogens is 1. The quantitative estimate of drug-likeness (QED) is 0.0368. The smallest absolute Gasteiger partial charge is 0.253 e. The summed E-state index contributed by atoms with van der Waals surface area (Å²) in [5, 5.41) is 56.9. The molecule has 0 aliphatic carbocycles. The summed E-state index contributed by atoms with van der Waals surface area (Å²) in [5.74, 6) is -11.7. The second kappa shape index (κ2) is 33.5. The van der Waals surface area contributed by atoms with Crippen molar-refractivity contribution in [1.82, 2.24) is 68.1 Å². The zero-order chi connectivity index (χ0) is 64.1. The second-order valence-corrected chi connectivity index (χ2v) is 23.5. The monoisotopic (exact) mass is 1220 g/mol. The molecule has 16 N–H and O–H groups in total. The highest BCUT2D eigenvalue weighted by Crippen LogP contribution is 2.26. The number of imidazole rings is 1. The van der Waals surface area contributed by atoms with Gasteiger partial charge in [-0.25, -0.2) is 9.97 Å². The van der Waals surface area contributed by atoms with E-state index in [1.807, 2.05) is 0 Å². The van der Waals surface area contributed by atoms with Gasteiger partial charge in [0.25, 0.3) is 5.91 Å². The minimum Gasteiger partial charge on any atom is -0.394 e. The average Bonchev–Trinajstić information content (AvgIpc) is 3.63. The van der Waals surface area contributed by atoms with E-state index in [1.165, 1.54) is 45.7 Å². The number of halogens is 2. The maximum absolute atomic E-state index is 14.3. The molecule has 2 heterocycles. The SMILES string of the molecule is CC[C@H](C)[C@H](NC(=O)[C@@H](NC(=O)c1ccnc(Cl)c1Cl)C(C)(C)C)C(=O)N[C@H](C(=O)N[C@H](C(=O)N[C@H](C(=O)N[C@@H](CCC(N)=O)C(=O)N[C@@H](Cc1c[nH]cn1)C(=O)N[C@H](CC(C)C)C(=O)N[C@@H](CO)C(=O)NC)[C@@H](C)O)[C@@H](C)CC)C(C)(C)O. The van der Waals surface area contributed by atoms with Crippen molar-refractivity contribution < 1.29 is 68.1 Å². The molecule has 0 bridgehead atoms. The third kappa shape index (κ3) is 22.5. The molecule has 12 atom stereocenters. The predicted molar refractivity (Wildman–Crippen MR) is 309 cm³/mol. The molecule has 0 aromatic carbocycles. The lowest BCUT2D eigenvalue weighted by Gasteiger charge is -2.35. The normalized spacial score (nSPS) is 15.9. The largest absolute Gasteiger partial charge is 0.394 e. The maximum Gasteiger partial charge on any atom is 0.253 e. The first-order valence-corrected chi connectivity index (χ1v) is 28.3. The second-order valence-electron chi connectivity index (χ2n) is 22.7. The number of nitrogens with one attached hydrogen (secondary N) is 11. The van der Waals surface area contributed by atoms with Gasteiger partial charge in [0.2, 0.25) is 59.1 Å². The van der Waals surface area contributed by atoms with Crippen LogP contribution >= 0.6 is 23.2 Å². The van der Waals surface area contributed by atoms with Gasteiger partial charge in [-0.1, -0.05) is 98.4 Å². The molecule has 0 fully saturated rings. The number of carbonyl (C=O) groups excluding carboxylic acids is 11. The molecule has 470 valence electrons. The van der Waals surface area contributed by atoms with Crippen molar-refractivity contribution in [1.29, 1.82) is 0 Å². The fourth-order valence-corrected chi connectivity index (χ4v) is 8.68. The molecule has 28 nitrogen and oxygen atoms in total. The van der Waals surface area contributed by atoms with Gasteiger partial charge in [-0.15, -0.1) is 0 Å². The van der Waals surface area contributed by atoms with Crippen molar-refractivity contribution in [2.24, 2.45) is 28.9 Å². The summed E-state index contributed by atoms with van der Waals surface area (Å²) < 4.78 is 0. The highest BCUT2D eigenvalue weighted by atomic mass is 35.5. The third-order valence-electron chi connectivity index (χ3n) is 13.7. The number of carbonyl (C=O) groups is 11. The Bertz CT molecular complexity index is 2610. The van der Waals surface area contributed by atoms with E-state index in [2.05, 4.69) is 68.1 Å². The summed E-state index contributed by atoms with van der Waals surface area (Å²) in [7, 11) is 1.30. The van der Waals surface area contributed by atoms with Crippen LogP contribution in [0.5, 0.6) is 0 Å². The minimum atomic E-state index is -2.05. The van der Waals surface area contributed by atoms with Crippen LogP contribution in [0.4, 0.5) is 0 Å². The highest BCUT2D eigenvalue weighted by molar-refractivity contribution is 6.43. The number of aliphatic hydroxyl groups is 3.